The summed E-state index contributed by atoms with van der Waals surface area (Å²) in [4.78, 5) is 36.1. The quantitative estimate of drug-likeness (QED) is 0.731. The number of carbonyl (C=O) groups is 2. The number of hydrogen-bond acceptors (Lipinski definition) is 5. The molecule has 3 heterocycles. The van der Waals surface area contributed by atoms with Crippen LogP contribution in [0.15, 0.2) is 0 Å². The number of aromatic nitrogens is 2. The lowest BCUT2D eigenvalue weighted by atomic mass is 9.98. The molecule has 0 unspecified atom stereocenters. The minimum Gasteiger partial charge on any atom is -0.341 e. The fourth-order valence-electron chi connectivity index (χ4n) is 4.24. The number of piperidine rings is 1. The number of carbonyl (C=O) groups excluding carboxylic acids is 2. The standard InChI is InChI=1S/C21H30F3N5O2/c1-3-4-17-26-16-12-28(8-7-15(16)20(27-17)21(22,23)24)19(31)9-14(25)11-29-10-13(2)5-6-18(29)30/h13-14H,3-12,25H2,1-2H3/t13-,14-/m1/s1. The minimum absolute atomic E-state index is 0.0167. The van der Waals surface area contributed by atoms with Crippen molar-refractivity contribution >= 4 is 11.8 Å². The summed E-state index contributed by atoms with van der Waals surface area (Å²) in [6.07, 6.45) is -2.14. The molecule has 2 N–H and O–H groups in total. The summed E-state index contributed by atoms with van der Waals surface area (Å²) >= 11 is 0. The van der Waals surface area contributed by atoms with Crippen molar-refractivity contribution in [1.82, 2.24) is 19.8 Å². The number of hydrogen-bond donors (Lipinski definition) is 1. The average molecular weight is 441 g/mol. The molecule has 0 aliphatic carbocycles. The Morgan fingerprint density at radius 3 is 2.71 bits per heavy atom. The molecule has 2 aliphatic heterocycles. The van der Waals surface area contributed by atoms with E-state index in [9.17, 15) is 22.8 Å². The summed E-state index contributed by atoms with van der Waals surface area (Å²) in [5.74, 6) is 0.365. The third-order valence-electron chi connectivity index (χ3n) is 5.83. The molecule has 7 nitrogen and oxygen atoms in total. The van der Waals surface area contributed by atoms with E-state index in [-0.39, 0.29) is 54.8 Å². The maximum atomic E-state index is 13.5. The Morgan fingerprint density at radius 1 is 1.29 bits per heavy atom. The number of nitrogens with zero attached hydrogens (tertiary/aromatic N) is 4. The summed E-state index contributed by atoms with van der Waals surface area (Å²) in [7, 11) is 0. The van der Waals surface area contributed by atoms with Crippen LogP contribution in [0.2, 0.25) is 0 Å². The predicted molar refractivity (Wildman–Crippen MR) is 108 cm³/mol. The Morgan fingerprint density at radius 2 is 2.03 bits per heavy atom. The van der Waals surface area contributed by atoms with Gasteiger partial charge >= 0.3 is 6.18 Å². The molecular formula is C21H30F3N5O2. The van der Waals surface area contributed by atoms with E-state index in [1.165, 1.54) is 4.90 Å². The molecule has 2 aliphatic rings. The van der Waals surface area contributed by atoms with Gasteiger partial charge in [0.25, 0.3) is 0 Å². The first kappa shape index (κ1) is 23.4. The Balaban J connectivity index is 1.67. The Kier molecular flexibility index (Phi) is 7.18. The van der Waals surface area contributed by atoms with Gasteiger partial charge in [-0.3, -0.25) is 9.59 Å². The first-order chi connectivity index (χ1) is 14.6. The maximum absolute atomic E-state index is 13.5. The van der Waals surface area contributed by atoms with E-state index in [1.54, 1.807) is 4.90 Å². The summed E-state index contributed by atoms with van der Waals surface area (Å²) in [6.45, 7) is 5.04. The molecule has 0 spiro atoms. The smallest absolute Gasteiger partial charge is 0.341 e. The van der Waals surface area contributed by atoms with Crippen LogP contribution in [0.1, 0.15) is 62.3 Å². The molecule has 1 aromatic heterocycles. The van der Waals surface area contributed by atoms with Crippen molar-refractivity contribution < 1.29 is 22.8 Å². The number of fused-ring (bicyclic) bond motifs is 1. The zero-order valence-electron chi connectivity index (χ0n) is 18.0. The van der Waals surface area contributed by atoms with Crippen LogP contribution in [0.3, 0.4) is 0 Å². The van der Waals surface area contributed by atoms with Gasteiger partial charge in [-0.2, -0.15) is 13.2 Å². The fourth-order valence-corrected chi connectivity index (χ4v) is 4.24. The zero-order valence-corrected chi connectivity index (χ0v) is 18.0. The van der Waals surface area contributed by atoms with Gasteiger partial charge < -0.3 is 15.5 Å². The van der Waals surface area contributed by atoms with Gasteiger partial charge in [0, 0.05) is 50.5 Å². The van der Waals surface area contributed by atoms with Gasteiger partial charge in [0.1, 0.15) is 5.82 Å². The van der Waals surface area contributed by atoms with Gasteiger partial charge in [-0.1, -0.05) is 13.8 Å². The van der Waals surface area contributed by atoms with Crippen molar-refractivity contribution in [3.63, 3.8) is 0 Å². The van der Waals surface area contributed by atoms with Crippen LogP contribution >= 0.6 is 0 Å². The molecular weight excluding hydrogens is 411 g/mol. The van der Waals surface area contributed by atoms with Crippen LogP contribution in [0, 0.1) is 5.92 Å². The highest BCUT2D eigenvalue weighted by Gasteiger charge is 2.39. The van der Waals surface area contributed by atoms with E-state index in [0.717, 1.165) is 6.42 Å². The second-order valence-electron chi connectivity index (χ2n) is 8.63. The van der Waals surface area contributed by atoms with Crippen LogP contribution in [-0.2, 0) is 35.2 Å². The topological polar surface area (TPSA) is 92.4 Å². The largest absolute Gasteiger partial charge is 0.433 e. The van der Waals surface area contributed by atoms with Crippen molar-refractivity contribution in [2.75, 3.05) is 19.6 Å². The van der Waals surface area contributed by atoms with E-state index in [2.05, 4.69) is 16.9 Å². The van der Waals surface area contributed by atoms with Crippen LogP contribution in [0.4, 0.5) is 13.2 Å². The number of amides is 2. The lowest BCUT2D eigenvalue weighted by molar-refractivity contribution is -0.142. The molecule has 0 aromatic carbocycles. The Hall–Kier alpha value is -2.23. The normalized spacial score (nSPS) is 20.6. The van der Waals surface area contributed by atoms with Gasteiger partial charge in [-0.15, -0.1) is 0 Å². The molecule has 1 aromatic rings. The predicted octanol–water partition coefficient (Wildman–Crippen LogP) is 2.31. The van der Waals surface area contributed by atoms with Crippen LogP contribution in [0.25, 0.3) is 0 Å². The molecule has 2 amide bonds. The van der Waals surface area contributed by atoms with E-state index < -0.39 is 17.9 Å². The molecule has 0 saturated carbocycles. The molecule has 31 heavy (non-hydrogen) atoms. The number of likely N-dealkylation sites (tertiary alicyclic amines) is 1. The summed E-state index contributed by atoms with van der Waals surface area (Å²) in [5.41, 5.74) is 5.60. The lowest BCUT2D eigenvalue weighted by Crippen LogP contribution is -2.48. The molecule has 3 rings (SSSR count). The lowest BCUT2D eigenvalue weighted by Gasteiger charge is -2.34. The third kappa shape index (κ3) is 5.72. The van der Waals surface area contributed by atoms with E-state index in [0.29, 0.717) is 38.3 Å². The number of aryl methyl sites for hydroxylation is 1. The molecule has 1 fully saturated rings. The SMILES string of the molecule is CCCc1nc2c(c(C(F)(F)F)n1)CCN(C(=O)C[C@@H](N)CN1C[C@H](C)CCC1=O)C2. The average Bonchev–Trinajstić information content (AvgIpc) is 2.69. The van der Waals surface area contributed by atoms with Crippen LogP contribution < -0.4 is 5.73 Å². The molecule has 10 heteroatoms. The van der Waals surface area contributed by atoms with E-state index in [1.807, 2.05) is 6.92 Å². The molecule has 0 radical (unpaired) electrons. The summed E-state index contributed by atoms with van der Waals surface area (Å²) < 4.78 is 40.5. The molecule has 0 bridgehead atoms. The first-order valence-electron chi connectivity index (χ1n) is 10.9. The number of alkyl halides is 3. The highest BCUT2D eigenvalue weighted by Crippen LogP contribution is 2.34. The number of nitrogens with two attached hydrogens (primary N) is 1. The van der Waals surface area contributed by atoms with Crippen molar-refractivity contribution in [2.45, 2.75) is 71.1 Å². The van der Waals surface area contributed by atoms with Gasteiger partial charge in [0.05, 0.1) is 12.2 Å². The van der Waals surface area contributed by atoms with E-state index in [4.69, 9.17) is 5.73 Å². The highest BCUT2D eigenvalue weighted by atomic mass is 19.4. The number of halogens is 3. The van der Waals surface area contributed by atoms with Crippen molar-refractivity contribution in [1.29, 1.82) is 0 Å². The fraction of sp³-hybridized carbons (Fsp3) is 0.714. The highest BCUT2D eigenvalue weighted by molar-refractivity contribution is 5.78. The second kappa shape index (κ2) is 9.50. The molecule has 2 atom stereocenters. The van der Waals surface area contributed by atoms with Gasteiger partial charge in [-0.05, 0) is 25.2 Å². The minimum atomic E-state index is -4.55. The van der Waals surface area contributed by atoms with Crippen molar-refractivity contribution in [3.05, 3.63) is 22.8 Å². The van der Waals surface area contributed by atoms with Crippen LogP contribution in [0.5, 0.6) is 0 Å². The van der Waals surface area contributed by atoms with Gasteiger partial charge in [-0.25, -0.2) is 9.97 Å². The second-order valence-corrected chi connectivity index (χ2v) is 8.63. The summed E-state index contributed by atoms with van der Waals surface area (Å²) in [5, 5.41) is 0. The van der Waals surface area contributed by atoms with Crippen molar-refractivity contribution in [3.8, 4) is 0 Å². The zero-order chi connectivity index (χ0) is 22.8. The summed E-state index contributed by atoms with van der Waals surface area (Å²) in [6, 6.07) is -0.519. The third-order valence-corrected chi connectivity index (χ3v) is 5.83. The first-order valence-corrected chi connectivity index (χ1v) is 10.9. The monoisotopic (exact) mass is 441 g/mol. The Labute approximate surface area is 180 Å². The van der Waals surface area contributed by atoms with Gasteiger partial charge in [0.15, 0.2) is 5.69 Å². The van der Waals surface area contributed by atoms with Gasteiger partial charge in [0.2, 0.25) is 11.8 Å². The molecule has 1 saturated heterocycles. The Bertz CT molecular complexity index is 830. The maximum Gasteiger partial charge on any atom is 0.433 e. The molecule has 172 valence electrons. The van der Waals surface area contributed by atoms with E-state index >= 15 is 0 Å². The van der Waals surface area contributed by atoms with Crippen LogP contribution in [-0.4, -0.2) is 57.3 Å². The number of rotatable bonds is 6. The van der Waals surface area contributed by atoms with Crippen molar-refractivity contribution in [2.24, 2.45) is 11.7 Å².